The fourth-order valence-electron chi connectivity index (χ4n) is 3.35. The molecular weight excluding hydrogens is 326 g/mol. The van der Waals surface area contributed by atoms with Gasteiger partial charge in [-0.1, -0.05) is 24.8 Å². The Morgan fingerprint density at radius 1 is 1.08 bits per heavy atom. The zero-order chi connectivity index (χ0) is 19.1. The van der Waals surface area contributed by atoms with Crippen molar-refractivity contribution in [2.24, 2.45) is 0 Å². The van der Waals surface area contributed by atoms with Crippen molar-refractivity contribution < 1.29 is 15.0 Å². The largest absolute Gasteiger partial charge is 0.508 e. The van der Waals surface area contributed by atoms with Gasteiger partial charge in [0, 0.05) is 29.8 Å². The topological polar surface area (TPSA) is 60.8 Å². The van der Waals surface area contributed by atoms with Crippen LogP contribution in [0.4, 0.5) is 0 Å². The molecule has 1 saturated heterocycles. The van der Waals surface area contributed by atoms with Crippen LogP contribution in [0, 0.1) is 0 Å². The molecule has 26 heavy (non-hydrogen) atoms. The minimum absolute atomic E-state index is 0.00184. The first kappa shape index (κ1) is 19.6. The second-order valence-electron chi connectivity index (χ2n) is 6.41. The number of likely N-dealkylation sites (tertiary alicyclic amines) is 1. The van der Waals surface area contributed by atoms with Gasteiger partial charge in [-0.2, -0.15) is 0 Å². The molecule has 1 aromatic carbocycles. The molecule has 1 aliphatic heterocycles. The van der Waals surface area contributed by atoms with Crippen LogP contribution in [-0.2, 0) is 17.6 Å². The summed E-state index contributed by atoms with van der Waals surface area (Å²) in [5, 5.41) is 21.3. The highest BCUT2D eigenvalue weighted by Crippen LogP contribution is 2.39. The van der Waals surface area contributed by atoms with Crippen molar-refractivity contribution in [1.82, 2.24) is 4.90 Å². The van der Waals surface area contributed by atoms with Gasteiger partial charge in [0.2, 0.25) is 0 Å². The summed E-state index contributed by atoms with van der Waals surface area (Å²) in [6.07, 6.45) is 10.2. The molecule has 0 aliphatic carbocycles. The first-order valence-corrected chi connectivity index (χ1v) is 8.96. The Labute approximate surface area is 155 Å². The second-order valence-corrected chi connectivity index (χ2v) is 6.41. The lowest BCUT2D eigenvalue weighted by Gasteiger charge is -2.28. The molecule has 4 nitrogen and oxygen atoms in total. The molecule has 1 fully saturated rings. The molecule has 1 aromatic rings. The van der Waals surface area contributed by atoms with E-state index in [0.717, 1.165) is 19.3 Å². The van der Waals surface area contributed by atoms with Crippen LogP contribution in [0.15, 0.2) is 50.1 Å². The number of phenolic OH excluding ortho intramolecular Hbond substituents is 2. The van der Waals surface area contributed by atoms with Gasteiger partial charge in [0.1, 0.15) is 11.5 Å². The quantitative estimate of drug-likeness (QED) is 0.335. The molecule has 2 N–H and O–H groups in total. The molecule has 0 aromatic heterocycles. The van der Waals surface area contributed by atoms with Crippen LogP contribution >= 0.6 is 0 Å². The molecule has 138 valence electrons. The predicted molar refractivity (Wildman–Crippen MR) is 106 cm³/mol. The van der Waals surface area contributed by atoms with E-state index in [1.807, 2.05) is 0 Å². The number of benzene rings is 1. The van der Waals surface area contributed by atoms with Gasteiger partial charge >= 0.3 is 0 Å². The number of allylic oxidation sites excluding steroid dienone is 4. The third-order valence-corrected chi connectivity index (χ3v) is 4.60. The highest BCUT2D eigenvalue weighted by molar-refractivity contribution is 6.21. The van der Waals surface area contributed by atoms with E-state index in [0.29, 0.717) is 48.2 Å². The SMILES string of the molecule is C=C/C=C(/C(=O)N1CCCCC1)c1c(O)c(CC=C)cc(O)c1CC=C. The first-order chi connectivity index (χ1) is 12.5. The van der Waals surface area contributed by atoms with E-state index < -0.39 is 0 Å². The van der Waals surface area contributed by atoms with E-state index in [1.165, 1.54) is 12.1 Å². The maximum atomic E-state index is 13.1. The van der Waals surface area contributed by atoms with Gasteiger partial charge in [-0.15, -0.1) is 13.2 Å². The number of phenols is 2. The Kier molecular flexibility index (Phi) is 6.84. The number of amides is 1. The molecule has 0 spiro atoms. The molecule has 0 bridgehead atoms. The minimum Gasteiger partial charge on any atom is -0.508 e. The lowest BCUT2D eigenvalue weighted by atomic mass is 9.90. The molecule has 1 aliphatic rings. The third-order valence-electron chi connectivity index (χ3n) is 4.60. The molecule has 0 atom stereocenters. The molecule has 0 saturated carbocycles. The fraction of sp³-hybridized carbons (Fsp3) is 0.318. The average Bonchev–Trinajstić information content (AvgIpc) is 2.65. The van der Waals surface area contributed by atoms with Crippen molar-refractivity contribution in [2.75, 3.05) is 13.1 Å². The number of aromatic hydroxyl groups is 2. The Bertz CT molecular complexity index is 740. The van der Waals surface area contributed by atoms with Crippen molar-refractivity contribution in [2.45, 2.75) is 32.1 Å². The summed E-state index contributed by atoms with van der Waals surface area (Å²) in [7, 11) is 0. The lowest BCUT2D eigenvalue weighted by molar-refractivity contribution is -0.125. The van der Waals surface area contributed by atoms with Crippen molar-refractivity contribution in [3.05, 3.63) is 66.8 Å². The van der Waals surface area contributed by atoms with Crippen LogP contribution in [0.5, 0.6) is 11.5 Å². The van der Waals surface area contributed by atoms with E-state index >= 15 is 0 Å². The van der Waals surface area contributed by atoms with Crippen LogP contribution in [0.3, 0.4) is 0 Å². The van der Waals surface area contributed by atoms with Gasteiger partial charge < -0.3 is 15.1 Å². The van der Waals surface area contributed by atoms with Gasteiger partial charge in [0.05, 0.1) is 5.57 Å². The highest BCUT2D eigenvalue weighted by atomic mass is 16.3. The Morgan fingerprint density at radius 3 is 2.31 bits per heavy atom. The smallest absolute Gasteiger partial charge is 0.254 e. The van der Waals surface area contributed by atoms with Gasteiger partial charge in [-0.05, 0) is 44.2 Å². The molecular formula is C22H27NO3. The predicted octanol–water partition coefficient (Wildman–Crippen LogP) is 4.14. The zero-order valence-electron chi connectivity index (χ0n) is 15.2. The van der Waals surface area contributed by atoms with Gasteiger partial charge in [-0.3, -0.25) is 4.79 Å². The van der Waals surface area contributed by atoms with Crippen LogP contribution in [0.1, 0.15) is 36.0 Å². The van der Waals surface area contributed by atoms with Crippen LogP contribution < -0.4 is 0 Å². The summed E-state index contributed by atoms with van der Waals surface area (Å²) in [4.78, 5) is 14.9. The van der Waals surface area contributed by atoms with E-state index in [1.54, 1.807) is 23.1 Å². The van der Waals surface area contributed by atoms with Gasteiger partial charge in [0.15, 0.2) is 0 Å². The van der Waals surface area contributed by atoms with E-state index in [9.17, 15) is 15.0 Å². The van der Waals surface area contributed by atoms with Gasteiger partial charge in [-0.25, -0.2) is 0 Å². The van der Waals surface area contributed by atoms with Crippen molar-refractivity contribution in [1.29, 1.82) is 0 Å². The fourth-order valence-corrected chi connectivity index (χ4v) is 3.35. The average molecular weight is 353 g/mol. The molecule has 4 heteroatoms. The van der Waals surface area contributed by atoms with Crippen molar-refractivity contribution in [3.8, 4) is 11.5 Å². The summed E-state index contributed by atoms with van der Waals surface area (Å²) >= 11 is 0. The van der Waals surface area contributed by atoms with Gasteiger partial charge in [0.25, 0.3) is 5.91 Å². The molecule has 0 unspecified atom stereocenters. The normalized spacial score (nSPS) is 14.8. The van der Waals surface area contributed by atoms with Crippen LogP contribution in [-0.4, -0.2) is 34.1 Å². The number of nitrogens with zero attached hydrogens (tertiary/aromatic N) is 1. The summed E-state index contributed by atoms with van der Waals surface area (Å²) in [6.45, 7) is 12.5. The minimum atomic E-state index is -0.152. The van der Waals surface area contributed by atoms with Crippen molar-refractivity contribution >= 4 is 11.5 Å². The number of hydrogen-bond donors (Lipinski definition) is 2. The van der Waals surface area contributed by atoms with Crippen LogP contribution in [0.25, 0.3) is 5.57 Å². The standard InChI is InChI=1S/C22H27NO3/c1-4-10-16-15-19(24)17(11-5-2)20(21(16)25)18(12-6-3)22(26)23-13-8-7-9-14-23/h4-6,12,15,24-25H,1-3,7-11,13-14H2/b18-12+. The van der Waals surface area contributed by atoms with E-state index in [2.05, 4.69) is 19.7 Å². The maximum absolute atomic E-state index is 13.1. The first-order valence-electron chi connectivity index (χ1n) is 8.96. The number of hydrogen-bond acceptors (Lipinski definition) is 3. The number of piperidine rings is 1. The molecule has 2 rings (SSSR count). The summed E-state index contributed by atoms with van der Waals surface area (Å²) < 4.78 is 0. The summed E-state index contributed by atoms with van der Waals surface area (Å²) in [5.74, 6) is -0.116. The molecule has 0 radical (unpaired) electrons. The highest BCUT2D eigenvalue weighted by Gasteiger charge is 2.27. The maximum Gasteiger partial charge on any atom is 0.254 e. The summed E-state index contributed by atoms with van der Waals surface area (Å²) in [6, 6.07) is 1.52. The number of rotatable bonds is 7. The van der Waals surface area contributed by atoms with Crippen molar-refractivity contribution in [3.63, 3.8) is 0 Å². The second kappa shape index (κ2) is 9.09. The lowest BCUT2D eigenvalue weighted by Crippen LogP contribution is -2.36. The monoisotopic (exact) mass is 353 g/mol. The Hall–Kier alpha value is -2.75. The number of carbonyl (C=O) groups is 1. The van der Waals surface area contributed by atoms with E-state index in [-0.39, 0.29) is 17.4 Å². The third kappa shape index (κ3) is 4.07. The Morgan fingerprint density at radius 2 is 1.73 bits per heavy atom. The number of carbonyl (C=O) groups excluding carboxylic acids is 1. The Balaban J connectivity index is 2.64. The zero-order valence-corrected chi connectivity index (χ0v) is 15.2. The molecule has 1 amide bonds. The molecule has 1 heterocycles. The van der Waals surface area contributed by atoms with E-state index in [4.69, 9.17) is 0 Å². The summed E-state index contributed by atoms with van der Waals surface area (Å²) in [5.41, 5.74) is 1.72. The van der Waals surface area contributed by atoms with Crippen LogP contribution in [0.2, 0.25) is 0 Å².